The van der Waals surface area contributed by atoms with Gasteiger partial charge < -0.3 is 5.32 Å². The molecule has 0 amide bonds. The Balaban J connectivity index is 2.10. The molecule has 4 nitrogen and oxygen atoms in total. The van der Waals surface area contributed by atoms with Crippen LogP contribution >= 0.6 is 0 Å². The molecule has 0 fully saturated rings. The van der Waals surface area contributed by atoms with Crippen molar-refractivity contribution >= 4 is 10.0 Å². The summed E-state index contributed by atoms with van der Waals surface area (Å²) in [5.41, 5.74) is 1.00. The molecule has 1 rings (SSSR count). The van der Waals surface area contributed by atoms with Gasteiger partial charge in [-0.15, -0.1) is 0 Å². The Morgan fingerprint density at radius 2 is 1.82 bits per heavy atom. The maximum atomic E-state index is 12.6. The zero-order valence-corrected chi connectivity index (χ0v) is 10.6. The van der Waals surface area contributed by atoms with E-state index in [-0.39, 0.29) is 5.82 Å². The van der Waals surface area contributed by atoms with Crippen LogP contribution in [0.2, 0.25) is 0 Å². The number of nitrogens with one attached hydrogen (secondary N) is 2. The molecule has 0 aromatic heterocycles. The summed E-state index contributed by atoms with van der Waals surface area (Å²) in [7, 11) is -3.09. The standard InChI is InChI=1S/C11H17FN2O2S/c1-17(15,16)14-8-2-7-13-9-10-3-5-11(12)6-4-10/h3-6,13-14H,2,7-9H2,1H3. The van der Waals surface area contributed by atoms with E-state index < -0.39 is 10.0 Å². The lowest BCUT2D eigenvalue weighted by Gasteiger charge is -2.05. The molecule has 0 unspecified atom stereocenters. The van der Waals surface area contributed by atoms with E-state index in [1.165, 1.54) is 12.1 Å². The smallest absolute Gasteiger partial charge is 0.208 e. The molecular formula is C11H17FN2O2S. The van der Waals surface area contributed by atoms with Crippen molar-refractivity contribution in [1.29, 1.82) is 0 Å². The Morgan fingerprint density at radius 1 is 1.18 bits per heavy atom. The van der Waals surface area contributed by atoms with Gasteiger partial charge in [0.2, 0.25) is 10.0 Å². The summed E-state index contributed by atoms with van der Waals surface area (Å²) >= 11 is 0. The van der Waals surface area contributed by atoms with Crippen LogP contribution < -0.4 is 10.0 Å². The van der Waals surface area contributed by atoms with Crippen LogP contribution in [0.4, 0.5) is 4.39 Å². The molecule has 96 valence electrons. The number of rotatable bonds is 7. The first-order chi connectivity index (χ1) is 7.97. The highest BCUT2D eigenvalue weighted by molar-refractivity contribution is 7.88. The fourth-order valence-electron chi connectivity index (χ4n) is 1.31. The van der Waals surface area contributed by atoms with Crippen molar-refractivity contribution in [3.8, 4) is 0 Å². The summed E-state index contributed by atoms with van der Waals surface area (Å²) in [6.45, 7) is 1.79. The maximum absolute atomic E-state index is 12.6. The largest absolute Gasteiger partial charge is 0.313 e. The molecule has 1 aromatic rings. The van der Waals surface area contributed by atoms with E-state index in [0.717, 1.165) is 11.8 Å². The summed E-state index contributed by atoms with van der Waals surface area (Å²) in [5, 5.41) is 3.15. The molecule has 0 saturated carbocycles. The Labute approximate surface area is 101 Å². The molecular weight excluding hydrogens is 243 g/mol. The van der Waals surface area contributed by atoms with Crippen LogP contribution in [0.3, 0.4) is 0 Å². The van der Waals surface area contributed by atoms with Crippen LogP contribution in [0.5, 0.6) is 0 Å². The second-order valence-electron chi connectivity index (χ2n) is 3.82. The third-order valence-electron chi connectivity index (χ3n) is 2.14. The van der Waals surface area contributed by atoms with Gasteiger partial charge in [-0.1, -0.05) is 12.1 Å². The highest BCUT2D eigenvalue weighted by Gasteiger charge is 1.98. The van der Waals surface area contributed by atoms with Gasteiger partial charge in [-0.05, 0) is 30.7 Å². The van der Waals surface area contributed by atoms with Gasteiger partial charge in [-0.2, -0.15) is 0 Å². The third kappa shape index (κ3) is 7.04. The van der Waals surface area contributed by atoms with Gasteiger partial charge >= 0.3 is 0 Å². The Bertz CT molecular complexity index is 431. The molecule has 17 heavy (non-hydrogen) atoms. The van der Waals surface area contributed by atoms with Crippen molar-refractivity contribution in [2.24, 2.45) is 0 Å². The first-order valence-corrected chi connectivity index (χ1v) is 7.26. The highest BCUT2D eigenvalue weighted by atomic mass is 32.2. The van der Waals surface area contributed by atoms with E-state index in [9.17, 15) is 12.8 Å². The summed E-state index contributed by atoms with van der Waals surface area (Å²) < 4.78 is 36.5. The second-order valence-corrected chi connectivity index (χ2v) is 5.66. The molecule has 0 aliphatic heterocycles. The average molecular weight is 260 g/mol. The molecule has 0 heterocycles. The van der Waals surface area contributed by atoms with Gasteiger partial charge in [0, 0.05) is 13.1 Å². The zero-order chi connectivity index (χ0) is 12.7. The highest BCUT2D eigenvalue weighted by Crippen LogP contribution is 2.01. The summed E-state index contributed by atoms with van der Waals surface area (Å²) in [6, 6.07) is 6.28. The number of hydrogen-bond acceptors (Lipinski definition) is 3. The molecule has 0 saturated heterocycles. The molecule has 6 heteroatoms. The lowest BCUT2D eigenvalue weighted by Crippen LogP contribution is -2.26. The Kier molecular flexibility index (Phi) is 5.54. The second kappa shape index (κ2) is 6.68. The van der Waals surface area contributed by atoms with Crippen molar-refractivity contribution in [2.75, 3.05) is 19.3 Å². The van der Waals surface area contributed by atoms with Crippen molar-refractivity contribution in [2.45, 2.75) is 13.0 Å². The lowest BCUT2D eigenvalue weighted by molar-refractivity contribution is 0.579. The summed E-state index contributed by atoms with van der Waals surface area (Å²) in [5.74, 6) is -0.244. The molecule has 0 spiro atoms. The molecule has 2 N–H and O–H groups in total. The molecule has 0 aliphatic rings. The fraction of sp³-hybridized carbons (Fsp3) is 0.455. The molecule has 0 aliphatic carbocycles. The van der Waals surface area contributed by atoms with Gasteiger partial charge in [0.15, 0.2) is 0 Å². The van der Waals surface area contributed by atoms with E-state index in [4.69, 9.17) is 0 Å². The van der Waals surface area contributed by atoms with Crippen LogP contribution in [0.1, 0.15) is 12.0 Å². The van der Waals surface area contributed by atoms with E-state index in [1.807, 2.05) is 0 Å². The predicted molar refractivity (Wildman–Crippen MR) is 65.6 cm³/mol. The minimum Gasteiger partial charge on any atom is -0.313 e. The maximum Gasteiger partial charge on any atom is 0.208 e. The normalized spacial score (nSPS) is 11.6. The van der Waals surface area contributed by atoms with Gasteiger partial charge in [0.25, 0.3) is 0 Å². The van der Waals surface area contributed by atoms with Crippen LogP contribution in [0, 0.1) is 5.82 Å². The predicted octanol–water partition coefficient (Wildman–Crippen LogP) is 0.855. The van der Waals surface area contributed by atoms with Crippen molar-refractivity contribution in [1.82, 2.24) is 10.0 Å². The number of sulfonamides is 1. The van der Waals surface area contributed by atoms with Crippen molar-refractivity contribution in [3.63, 3.8) is 0 Å². The van der Waals surface area contributed by atoms with Crippen LogP contribution in [0.15, 0.2) is 24.3 Å². The van der Waals surface area contributed by atoms with Crippen molar-refractivity contribution < 1.29 is 12.8 Å². The monoisotopic (exact) mass is 260 g/mol. The van der Waals surface area contributed by atoms with Gasteiger partial charge in [0.05, 0.1) is 6.26 Å². The van der Waals surface area contributed by atoms with Gasteiger partial charge in [-0.3, -0.25) is 0 Å². The minimum atomic E-state index is -3.09. The Morgan fingerprint density at radius 3 is 2.41 bits per heavy atom. The van der Waals surface area contributed by atoms with Crippen molar-refractivity contribution in [3.05, 3.63) is 35.6 Å². The van der Waals surface area contributed by atoms with Gasteiger partial charge in [0.1, 0.15) is 5.82 Å². The fourth-order valence-corrected chi connectivity index (χ4v) is 1.82. The zero-order valence-electron chi connectivity index (χ0n) is 9.74. The molecule has 1 aromatic carbocycles. The first kappa shape index (κ1) is 14.1. The first-order valence-electron chi connectivity index (χ1n) is 5.37. The van der Waals surface area contributed by atoms with Crippen LogP contribution in [0.25, 0.3) is 0 Å². The van der Waals surface area contributed by atoms with E-state index >= 15 is 0 Å². The average Bonchev–Trinajstić information content (AvgIpc) is 2.24. The van der Waals surface area contributed by atoms with Crippen LogP contribution in [-0.2, 0) is 16.6 Å². The van der Waals surface area contributed by atoms with E-state index in [0.29, 0.717) is 26.1 Å². The number of benzene rings is 1. The quantitative estimate of drug-likeness (QED) is 0.715. The van der Waals surface area contributed by atoms with Gasteiger partial charge in [-0.25, -0.2) is 17.5 Å². The molecule has 0 bridgehead atoms. The topological polar surface area (TPSA) is 58.2 Å². The minimum absolute atomic E-state index is 0.244. The third-order valence-corrected chi connectivity index (χ3v) is 2.87. The molecule has 0 radical (unpaired) electrons. The van der Waals surface area contributed by atoms with E-state index in [2.05, 4.69) is 10.0 Å². The van der Waals surface area contributed by atoms with Crippen LogP contribution in [-0.4, -0.2) is 27.8 Å². The van der Waals surface area contributed by atoms with E-state index in [1.54, 1.807) is 12.1 Å². The lowest BCUT2D eigenvalue weighted by atomic mass is 10.2. The summed E-state index contributed by atoms with van der Waals surface area (Å²) in [6.07, 6.45) is 1.85. The number of halogens is 1. The summed E-state index contributed by atoms with van der Waals surface area (Å²) in [4.78, 5) is 0. The molecule has 0 atom stereocenters. The Hall–Kier alpha value is -0.980. The number of hydrogen-bond donors (Lipinski definition) is 2. The SMILES string of the molecule is CS(=O)(=O)NCCCNCc1ccc(F)cc1.